The van der Waals surface area contributed by atoms with E-state index in [0.29, 0.717) is 16.6 Å². The van der Waals surface area contributed by atoms with Crippen molar-refractivity contribution in [3.05, 3.63) is 28.5 Å². The molecule has 0 aliphatic heterocycles. The highest BCUT2D eigenvalue weighted by molar-refractivity contribution is 9.10. The van der Waals surface area contributed by atoms with E-state index in [1.54, 1.807) is 13.0 Å². The predicted molar refractivity (Wildman–Crippen MR) is 65.6 cm³/mol. The molecule has 0 bridgehead atoms. The van der Waals surface area contributed by atoms with Crippen molar-refractivity contribution in [2.24, 2.45) is 5.73 Å². The van der Waals surface area contributed by atoms with Gasteiger partial charge < -0.3 is 11.1 Å². The van der Waals surface area contributed by atoms with E-state index >= 15 is 0 Å². The molecule has 3 nitrogen and oxygen atoms in total. The average Bonchev–Trinajstić information content (AvgIpc) is 2.23. The Morgan fingerprint density at radius 1 is 1.62 bits per heavy atom. The first-order valence-electron chi connectivity index (χ1n) is 4.92. The van der Waals surface area contributed by atoms with Gasteiger partial charge in [0, 0.05) is 5.69 Å². The van der Waals surface area contributed by atoms with Crippen LogP contribution >= 0.6 is 15.9 Å². The monoisotopic (exact) mass is 288 g/mol. The van der Waals surface area contributed by atoms with Crippen molar-refractivity contribution >= 4 is 27.5 Å². The zero-order valence-corrected chi connectivity index (χ0v) is 10.8. The summed E-state index contributed by atoms with van der Waals surface area (Å²) in [5.41, 5.74) is 5.22. The van der Waals surface area contributed by atoms with Crippen LogP contribution < -0.4 is 11.1 Å². The van der Waals surface area contributed by atoms with Gasteiger partial charge in [-0.05, 0) is 47.5 Å². The Balaban J connectivity index is 2.82. The van der Waals surface area contributed by atoms with Gasteiger partial charge in [0.05, 0.1) is 10.0 Å². The zero-order valence-electron chi connectivity index (χ0n) is 9.18. The molecule has 1 atom stereocenters. The number of halogens is 2. The molecule has 0 spiro atoms. The second kappa shape index (κ2) is 4.93. The van der Waals surface area contributed by atoms with Gasteiger partial charge in [0.15, 0.2) is 0 Å². The smallest absolute Gasteiger partial charge is 0.244 e. The molecule has 16 heavy (non-hydrogen) atoms. The average molecular weight is 289 g/mol. The van der Waals surface area contributed by atoms with Crippen LogP contribution in [0.3, 0.4) is 0 Å². The minimum atomic E-state index is -0.941. The Labute approximate surface area is 102 Å². The standard InChI is InChI=1S/C11H14BrFN2O/c1-3-11(2,14)10(16)15-7-4-5-8(12)9(13)6-7/h4-6H,3,14H2,1-2H3,(H,15,16). The normalized spacial score (nSPS) is 14.3. The summed E-state index contributed by atoms with van der Waals surface area (Å²) in [5, 5.41) is 2.58. The Hall–Kier alpha value is -0.940. The van der Waals surface area contributed by atoms with E-state index in [1.165, 1.54) is 12.1 Å². The fourth-order valence-corrected chi connectivity index (χ4v) is 1.25. The van der Waals surface area contributed by atoms with Crippen LogP contribution in [0.15, 0.2) is 22.7 Å². The zero-order chi connectivity index (χ0) is 12.3. The van der Waals surface area contributed by atoms with Gasteiger partial charge in [-0.25, -0.2) is 4.39 Å². The number of benzene rings is 1. The number of carbonyl (C=O) groups is 1. The van der Waals surface area contributed by atoms with E-state index in [4.69, 9.17) is 5.73 Å². The van der Waals surface area contributed by atoms with E-state index in [9.17, 15) is 9.18 Å². The van der Waals surface area contributed by atoms with Crippen molar-refractivity contribution < 1.29 is 9.18 Å². The number of rotatable bonds is 3. The van der Waals surface area contributed by atoms with Gasteiger partial charge >= 0.3 is 0 Å². The van der Waals surface area contributed by atoms with E-state index in [2.05, 4.69) is 21.2 Å². The largest absolute Gasteiger partial charge is 0.324 e. The van der Waals surface area contributed by atoms with E-state index in [-0.39, 0.29) is 5.91 Å². The van der Waals surface area contributed by atoms with Crippen LogP contribution in [-0.2, 0) is 4.79 Å². The SMILES string of the molecule is CCC(C)(N)C(=O)Nc1ccc(Br)c(F)c1. The Morgan fingerprint density at radius 3 is 2.75 bits per heavy atom. The number of nitrogens with two attached hydrogens (primary N) is 1. The maximum absolute atomic E-state index is 13.2. The van der Waals surface area contributed by atoms with Crippen LogP contribution in [0.25, 0.3) is 0 Å². The van der Waals surface area contributed by atoms with E-state index < -0.39 is 11.4 Å². The number of nitrogens with one attached hydrogen (secondary N) is 1. The molecule has 0 fully saturated rings. The summed E-state index contributed by atoms with van der Waals surface area (Å²) in [7, 11) is 0. The van der Waals surface area contributed by atoms with Crippen molar-refractivity contribution in [2.75, 3.05) is 5.32 Å². The summed E-state index contributed by atoms with van der Waals surface area (Å²) in [4.78, 5) is 11.7. The lowest BCUT2D eigenvalue weighted by Crippen LogP contribution is -2.47. The van der Waals surface area contributed by atoms with Gasteiger partial charge in [-0.3, -0.25) is 4.79 Å². The molecule has 0 saturated carbocycles. The lowest BCUT2D eigenvalue weighted by Gasteiger charge is -2.21. The Morgan fingerprint density at radius 2 is 2.25 bits per heavy atom. The van der Waals surface area contributed by atoms with Crippen LogP contribution in [0.5, 0.6) is 0 Å². The molecular formula is C11H14BrFN2O. The minimum Gasteiger partial charge on any atom is -0.324 e. The molecule has 88 valence electrons. The summed E-state index contributed by atoms with van der Waals surface area (Å²) < 4.78 is 13.5. The second-order valence-electron chi connectivity index (χ2n) is 3.85. The number of carbonyl (C=O) groups excluding carboxylic acids is 1. The van der Waals surface area contributed by atoms with Crippen molar-refractivity contribution in [3.8, 4) is 0 Å². The number of anilines is 1. The summed E-state index contributed by atoms with van der Waals surface area (Å²) in [5.74, 6) is -0.746. The van der Waals surface area contributed by atoms with Gasteiger partial charge in [0.2, 0.25) is 5.91 Å². The van der Waals surface area contributed by atoms with Gasteiger partial charge in [-0.2, -0.15) is 0 Å². The number of hydrogen-bond acceptors (Lipinski definition) is 2. The first kappa shape index (κ1) is 13.1. The molecule has 0 aliphatic rings. The first-order valence-corrected chi connectivity index (χ1v) is 5.71. The predicted octanol–water partition coefficient (Wildman–Crippen LogP) is 2.65. The quantitative estimate of drug-likeness (QED) is 0.898. The third kappa shape index (κ3) is 3.02. The fourth-order valence-electron chi connectivity index (χ4n) is 1.01. The third-order valence-electron chi connectivity index (χ3n) is 2.43. The molecule has 1 aromatic carbocycles. The molecule has 5 heteroatoms. The van der Waals surface area contributed by atoms with E-state index in [0.717, 1.165) is 0 Å². The highest BCUT2D eigenvalue weighted by atomic mass is 79.9. The molecule has 1 unspecified atom stereocenters. The topological polar surface area (TPSA) is 55.1 Å². The van der Waals surface area contributed by atoms with Crippen molar-refractivity contribution in [1.29, 1.82) is 0 Å². The highest BCUT2D eigenvalue weighted by Crippen LogP contribution is 2.20. The van der Waals surface area contributed by atoms with Crippen molar-refractivity contribution in [2.45, 2.75) is 25.8 Å². The Kier molecular flexibility index (Phi) is 4.04. The van der Waals surface area contributed by atoms with Crippen LogP contribution in [0.4, 0.5) is 10.1 Å². The summed E-state index contributed by atoms with van der Waals surface area (Å²) in [6.07, 6.45) is 0.512. The fraction of sp³-hybridized carbons (Fsp3) is 0.364. The molecule has 0 radical (unpaired) electrons. The van der Waals surface area contributed by atoms with E-state index in [1.807, 2.05) is 6.92 Å². The maximum atomic E-state index is 13.2. The maximum Gasteiger partial charge on any atom is 0.244 e. The molecule has 0 saturated heterocycles. The van der Waals surface area contributed by atoms with Crippen LogP contribution in [-0.4, -0.2) is 11.4 Å². The number of hydrogen-bond donors (Lipinski definition) is 2. The van der Waals surface area contributed by atoms with Crippen LogP contribution in [0, 0.1) is 5.82 Å². The second-order valence-corrected chi connectivity index (χ2v) is 4.71. The highest BCUT2D eigenvalue weighted by Gasteiger charge is 2.25. The van der Waals surface area contributed by atoms with Crippen molar-refractivity contribution in [1.82, 2.24) is 0 Å². The molecule has 1 rings (SSSR count). The summed E-state index contributed by atoms with van der Waals surface area (Å²) in [6.45, 7) is 3.46. The van der Waals surface area contributed by atoms with Gasteiger partial charge in [0.1, 0.15) is 5.82 Å². The van der Waals surface area contributed by atoms with Gasteiger partial charge in [-0.1, -0.05) is 6.92 Å². The lowest BCUT2D eigenvalue weighted by molar-refractivity contribution is -0.120. The molecule has 0 aromatic heterocycles. The Bertz CT molecular complexity index is 407. The molecule has 0 aliphatic carbocycles. The summed E-state index contributed by atoms with van der Waals surface area (Å²) >= 11 is 3.04. The molecule has 1 amide bonds. The van der Waals surface area contributed by atoms with Crippen LogP contribution in [0.2, 0.25) is 0 Å². The number of amides is 1. The molecule has 1 aromatic rings. The summed E-state index contributed by atoms with van der Waals surface area (Å²) in [6, 6.07) is 4.38. The van der Waals surface area contributed by atoms with Gasteiger partial charge in [-0.15, -0.1) is 0 Å². The van der Waals surface area contributed by atoms with Crippen LogP contribution in [0.1, 0.15) is 20.3 Å². The molecule has 3 N–H and O–H groups in total. The lowest BCUT2D eigenvalue weighted by atomic mass is 9.99. The third-order valence-corrected chi connectivity index (χ3v) is 3.07. The minimum absolute atomic E-state index is 0.322. The van der Waals surface area contributed by atoms with Gasteiger partial charge in [0.25, 0.3) is 0 Å². The van der Waals surface area contributed by atoms with Crippen molar-refractivity contribution in [3.63, 3.8) is 0 Å². The first-order chi connectivity index (χ1) is 7.36. The molecular weight excluding hydrogens is 275 g/mol. The molecule has 0 heterocycles.